The van der Waals surface area contributed by atoms with Crippen molar-refractivity contribution in [1.29, 1.82) is 0 Å². The van der Waals surface area contributed by atoms with Crippen molar-refractivity contribution < 1.29 is 9.13 Å². The third kappa shape index (κ3) is 3.47. The average Bonchev–Trinajstić information content (AvgIpc) is 2.77. The van der Waals surface area contributed by atoms with Crippen LogP contribution in [-0.2, 0) is 4.74 Å². The molecule has 1 aromatic heterocycles. The van der Waals surface area contributed by atoms with Crippen molar-refractivity contribution in [1.82, 2.24) is 9.36 Å². The van der Waals surface area contributed by atoms with Crippen LogP contribution in [0.15, 0.2) is 22.7 Å². The van der Waals surface area contributed by atoms with Crippen molar-refractivity contribution >= 4 is 32.6 Å². The second-order valence-electron chi connectivity index (χ2n) is 3.50. The van der Waals surface area contributed by atoms with E-state index < -0.39 is 0 Å². The molecule has 0 bridgehead atoms. The SMILES string of the molecule is COCCNc1nc(-c2cc(F)cc(Br)c2)ns1. The minimum atomic E-state index is -0.317. The van der Waals surface area contributed by atoms with E-state index >= 15 is 0 Å². The normalized spacial score (nSPS) is 10.6. The Balaban J connectivity index is 2.13. The Labute approximate surface area is 117 Å². The Morgan fingerprint density at radius 3 is 3.00 bits per heavy atom. The van der Waals surface area contributed by atoms with Crippen LogP contribution in [0.4, 0.5) is 9.52 Å². The van der Waals surface area contributed by atoms with Crippen molar-refractivity contribution in [3.05, 3.63) is 28.5 Å². The van der Waals surface area contributed by atoms with Crippen molar-refractivity contribution in [2.45, 2.75) is 0 Å². The highest BCUT2D eigenvalue weighted by Crippen LogP contribution is 2.25. The van der Waals surface area contributed by atoms with Gasteiger partial charge in [0.15, 0.2) is 5.82 Å². The highest BCUT2D eigenvalue weighted by atomic mass is 79.9. The minimum Gasteiger partial charge on any atom is -0.383 e. The molecule has 1 aromatic carbocycles. The van der Waals surface area contributed by atoms with Crippen LogP contribution in [-0.4, -0.2) is 29.6 Å². The summed E-state index contributed by atoms with van der Waals surface area (Å²) in [7, 11) is 1.64. The summed E-state index contributed by atoms with van der Waals surface area (Å²) in [5, 5.41) is 3.78. The summed E-state index contributed by atoms with van der Waals surface area (Å²) in [6.07, 6.45) is 0. The Bertz CT molecular complexity index is 515. The number of nitrogens with one attached hydrogen (secondary N) is 1. The summed E-state index contributed by atoms with van der Waals surface area (Å²) in [6, 6.07) is 4.59. The van der Waals surface area contributed by atoms with Crippen LogP contribution < -0.4 is 5.32 Å². The number of anilines is 1. The molecule has 2 aromatic rings. The first kappa shape index (κ1) is 13.4. The van der Waals surface area contributed by atoms with Gasteiger partial charge in [-0.1, -0.05) is 15.9 Å². The third-order valence-corrected chi connectivity index (χ3v) is 3.26. The molecule has 7 heteroatoms. The molecular weight excluding hydrogens is 321 g/mol. The molecule has 0 fully saturated rings. The number of benzene rings is 1. The van der Waals surface area contributed by atoms with E-state index in [1.807, 2.05) is 0 Å². The monoisotopic (exact) mass is 331 g/mol. The molecule has 0 radical (unpaired) electrons. The lowest BCUT2D eigenvalue weighted by Crippen LogP contribution is -2.06. The van der Waals surface area contributed by atoms with E-state index in [-0.39, 0.29) is 5.82 Å². The van der Waals surface area contributed by atoms with Crippen LogP contribution >= 0.6 is 27.5 Å². The molecular formula is C11H11BrFN3OS. The number of halogens is 2. The predicted molar refractivity (Wildman–Crippen MR) is 73.4 cm³/mol. The van der Waals surface area contributed by atoms with Gasteiger partial charge in [-0.3, -0.25) is 0 Å². The highest BCUT2D eigenvalue weighted by Gasteiger charge is 2.08. The molecule has 18 heavy (non-hydrogen) atoms. The van der Waals surface area contributed by atoms with E-state index in [2.05, 4.69) is 30.6 Å². The van der Waals surface area contributed by atoms with E-state index in [0.29, 0.717) is 34.1 Å². The lowest BCUT2D eigenvalue weighted by Gasteiger charge is -1.99. The molecule has 1 heterocycles. The van der Waals surface area contributed by atoms with Crippen molar-refractivity contribution in [3.63, 3.8) is 0 Å². The molecule has 2 rings (SSSR count). The molecule has 1 N–H and O–H groups in total. The molecule has 0 atom stereocenters. The number of hydrogen-bond acceptors (Lipinski definition) is 5. The minimum absolute atomic E-state index is 0.317. The van der Waals surface area contributed by atoms with Crippen LogP contribution in [0.1, 0.15) is 0 Å². The highest BCUT2D eigenvalue weighted by molar-refractivity contribution is 9.10. The molecule has 0 aliphatic rings. The maximum absolute atomic E-state index is 13.3. The molecule has 0 aliphatic heterocycles. The number of rotatable bonds is 5. The van der Waals surface area contributed by atoms with E-state index in [1.54, 1.807) is 13.2 Å². The predicted octanol–water partition coefficient (Wildman–Crippen LogP) is 3.17. The van der Waals surface area contributed by atoms with E-state index in [4.69, 9.17) is 4.74 Å². The van der Waals surface area contributed by atoms with Crippen molar-refractivity contribution in [3.8, 4) is 11.4 Å². The summed E-state index contributed by atoms with van der Waals surface area (Å²) >= 11 is 4.49. The molecule has 0 unspecified atom stereocenters. The van der Waals surface area contributed by atoms with Gasteiger partial charge in [-0.2, -0.15) is 9.36 Å². The van der Waals surface area contributed by atoms with Gasteiger partial charge >= 0.3 is 0 Å². The van der Waals surface area contributed by atoms with Crippen LogP contribution in [0.5, 0.6) is 0 Å². The van der Waals surface area contributed by atoms with Gasteiger partial charge < -0.3 is 10.1 Å². The van der Waals surface area contributed by atoms with Gasteiger partial charge in [0.05, 0.1) is 6.61 Å². The van der Waals surface area contributed by atoms with Crippen molar-refractivity contribution in [2.24, 2.45) is 0 Å². The van der Waals surface area contributed by atoms with E-state index in [1.165, 1.54) is 23.7 Å². The maximum atomic E-state index is 13.3. The number of hydrogen-bond donors (Lipinski definition) is 1. The summed E-state index contributed by atoms with van der Waals surface area (Å²) in [5.41, 5.74) is 0.651. The van der Waals surface area contributed by atoms with Gasteiger partial charge in [0.25, 0.3) is 0 Å². The molecule has 96 valence electrons. The fourth-order valence-electron chi connectivity index (χ4n) is 1.36. The van der Waals surface area contributed by atoms with Gasteiger partial charge in [0.2, 0.25) is 5.13 Å². The Hall–Kier alpha value is -1.05. The summed E-state index contributed by atoms with van der Waals surface area (Å²) in [5.74, 6) is 0.197. The Morgan fingerprint density at radius 1 is 1.44 bits per heavy atom. The summed E-state index contributed by atoms with van der Waals surface area (Å²) < 4.78 is 23.0. The molecule has 4 nitrogen and oxygen atoms in total. The van der Waals surface area contributed by atoms with Gasteiger partial charge in [0, 0.05) is 35.2 Å². The van der Waals surface area contributed by atoms with Crippen LogP contribution in [0.25, 0.3) is 11.4 Å². The molecule has 0 saturated heterocycles. The average molecular weight is 332 g/mol. The Kier molecular flexibility index (Phi) is 4.62. The Morgan fingerprint density at radius 2 is 2.28 bits per heavy atom. The first-order valence-electron chi connectivity index (χ1n) is 5.22. The first-order valence-corrected chi connectivity index (χ1v) is 6.78. The maximum Gasteiger partial charge on any atom is 0.202 e. The van der Waals surface area contributed by atoms with Gasteiger partial charge in [-0.15, -0.1) is 0 Å². The zero-order valence-electron chi connectivity index (χ0n) is 9.61. The van der Waals surface area contributed by atoms with E-state index in [0.717, 1.165) is 0 Å². The first-order chi connectivity index (χ1) is 8.69. The lowest BCUT2D eigenvalue weighted by molar-refractivity contribution is 0.211. The van der Waals surface area contributed by atoms with Crippen LogP contribution in [0.2, 0.25) is 0 Å². The van der Waals surface area contributed by atoms with Crippen molar-refractivity contribution in [2.75, 3.05) is 25.6 Å². The molecule has 0 saturated carbocycles. The lowest BCUT2D eigenvalue weighted by atomic mass is 10.2. The molecule has 0 aliphatic carbocycles. The largest absolute Gasteiger partial charge is 0.383 e. The number of methoxy groups -OCH3 is 1. The standard InChI is InChI=1S/C11H11BrFN3OS/c1-17-3-2-14-11-15-10(16-18-11)7-4-8(12)6-9(13)5-7/h4-6H,2-3H2,1H3,(H,14,15,16). The van der Waals surface area contributed by atoms with Gasteiger partial charge in [-0.05, 0) is 18.2 Å². The fraction of sp³-hybridized carbons (Fsp3) is 0.273. The quantitative estimate of drug-likeness (QED) is 0.855. The summed E-state index contributed by atoms with van der Waals surface area (Å²) in [4.78, 5) is 4.29. The van der Waals surface area contributed by atoms with Crippen LogP contribution in [0, 0.1) is 5.82 Å². The third-order valence-electron chi connectivity index (χ3n) is 2.13. The number of aromatic nitrogens is 2. The van der Waals surface area contributed by atoms with E-state index in [9.17, 15) is 4.39 Å². The number of ether oxygens (including phenoxy) is 1. The smallest absolute Gasteiger partial charge is 0.202 e. The second-order valence-corrected chi connectivity index (χ2v) is 5.17. The van der Waals surface area contributed by atoms with Crippen LogP contribution in [0.3, 0.4) is 0 Å². The fourth-order valence-corrected chi connectivity index (χ4v) is 2.43. The van der Waals surface area contributed by atoms with Gasteiger partial charge in [-0.25, -0.2) is 4.39 Å². The topological polar surface area (TPSA) is 47.0 Å². The molecule has 0 spiro atoms. The molecule has 0 amide bonds. The zero-order valence-corrected chi connectivity index (χ0v) is 12.0. The zero-order chi connectivity index (χ0) is 13.0. The van der Waals surface area contributed by atoms with Gasteiger partial charge in [0.1, 0.15) is 5.82 Å². The second kappa shape index (κ2) is 6.21. The number of nitrogens with zero attached hydrogens (tertiary/aromatic N) is 2. The summed E-state index contributed by atoms with van der Waals surface area (Å²) in [6.45, 7) is 1.26.